The lowest BCUT2D eigenvalue weighted by Crippen LogP contribution is -1.95. The normalized spacial score (nSPS) is 13.0. The third-order valence-corrected chi connectivity index (χ3v) is 0.674. The Bertz CT molecular complexity index is 130. The molecule has 0 spiro atoms. The maximum absolute atomic E-state index is 8.17. The molecule has 0 bridgehead atoms. The fourth-order valence-corrected chi connectivity index (χ4v) is 0.264. The molecule has 0 radical (unpaired) electrons. The number of hydrogen-bond acceptors (Lipinski definition) is 6. The van der Waals surface area contributed by atoms with Crippen molar-refractivity contribution in [1.82, 2.24) is 0 Å². The van der Waals surface area contributed by atoms with E-state index in [0.29, 0.717) is 0 Å². The molecule has 0 heterocycles. The molecule has 0 aromatic carbocycles. The van der Waals surface area contributed by atoms with Crippen molar-refractivity contribution in [3.8, 4) is 0 Å². The molecule has 0 rings (SSSR count). The molecule has 0 fully saturated rings. The van der Waals surface area contributed by atoms with Gasteiger partial charge in [-0.2, -0.15) is 0 Å². The Morgan fingerprint density at radius 3 is 1.30 bits per heavy atom. The van der Waals surface area contributed by atoms with E-state index in [1.165, 1.54) is 0 Å². The molecule has 58 valence electrons. The summed E-state index contributed by atoms with van der Waals surface area (Å²) in [6.45, 7) is 0. The van der Waals surface area contributed by atoms with Gasteiger partial charge in [-0.1, -0.05) is 0 Å². The smallest absolute Gasteiger partial charge is 0.248 e. The Labute approximate surface area is 55.7 Å². The van der Waals surface area contributed by atoms with Crippen molar-refractivity contribution in [1.29, 1.82) is 0 Å². The molecule has 0 aromatic rings. The predicted octanol–water partition coefficient (Wildman–Crippen LogP) is 0.764. The molecule has 0 unspecified atom stereocenters. The van der Waals surface area contributed by atoms with Crippen LogP contribution >= 0.6 is 0 Å². The van der Waals surface area contributed by atoms with Gasteiger partial charge in [0.25, 0.3) is 0 Å². The first-order valence-corrected chi connectivity index (χ1v) is 2.12. The molecular weight excluding hydrogens is 144 g/mol. The summed E-state index contributed by atoms with van der Waals surface area (Å²) in [4.78, 5) is 6.88. The molecule has 6 heteroatoms. The zero-order chi connectivity index (χ0) is 7.98. The van der Waals surface area contributed by atoms with E-state index in [1.54, 1.807) is 0 Å². The number of aliphatic hydroxyl groups excluding tert-OH is 2. The number of hydrogen-bond donors (Lipinski definition) is 4. The van der Waals surface area contributed by atoms with Crippen LogP contribution in [0, 0.1) is 0 Å². The average Bonchev–Trinajstić information content (AvgIpc) is 2.00. The van der Waals surface area contributed by atoms with Crippen molar-refractivity contribution in [2.75, 3.05) is 0 Å². The Hall–Kier alpha value is -1.40. The van der Waals surface area contributed by atoms with Gasteiger partial charge in [0.05, 0.1) is 0 Å². The Kier molecular flexibility index (Phi) is 3.85. The number of rotatable bonds is 3. The SMILES string of the molecule is O/C=C(OO)/C(=C\O)OO. The van der Waals surface area contributed by atoms with Crippen LogP contribution in [-0.4, -0.2) is 20.7 Å². The second-order valence-corrected chi connectivity index (χ2v) is 1.17. The second kappa shape index (κ2) is 4.48. The fourth-order valence-electron chi connectivity index (χ4n) is 0.264. The lowest BCUT2D eigenvalue weighted by Gasteiger charge is -2.00. The van der Waals surface area contributed by atoms with Crippen LogP contribution in [-0.2, 0) is 9.78 Å². The third-order valence-electron chi connectivity index (χ3n) is 0.674. The van der Waals surface area contributed by atoms with Gasteiger partial charge < -0.3 is 20.0 Å². The van der Waals surface area contributed by atoms with Gasteiger partial charge in [-0.05, 0) is 0 Å². The average molecular weight is 150 g/mol. The van der Waals surface area contributed by atoms with Crippen LogP contribution in [0.15, 0.2) is 24.0 Å². The van der Waals surface area contributed by atoms with Crippen LogP contribution in [0.3, 0.4) is 0 Å². The summed E-state index contributed by atoms with van der Waals surface area (Å²) < 4.78 is 0. The minimum absolute atomic E-state index is 0.290. The molecule has 0 aliphatic heterocycles. The Morgan fingerprint density at radius 1 is 0.900 bits per heavy atom. The lowest BCUT2D eigenvalue weighted by molar-refractivity contribution is -0.241. The van der Waals surface area contributed by atoms with Crippen molar-refractivity contribution in [2.45, 2.75) is 0 Å². The van der Waals surface area contributed by atoms with E-state index in [2.05, 4.69) is 9.78 Å². The lowest BCUT2D eigenvalue weighted by atomic mass is 10.5. The van der Waals surface area contributed by atoms with Gasteiger partial charge in [-0.3, -0.25) is 0 Å². The van der Waals surface area contributed by atoms with Crippen LogP contribution in [0.25, 0.3) is 0 Å². The molecule has 0 saturated carbocycles. The molecule has 0 aliphatic rings. The summed E-state index contributed by atoms with van der Waals surface area (Å²) in [5, 5.41) is 32.1. The molecule has 0 atom stereocenters. The molecule has 4 N–H and O–H groups in total. The topological polar surface area (TPSA) is 99.4 Å². The van der Waals surface area contributed by atoms with Crippen molar-refractivity contribution in [3.05, 3.63) is 24.0 Å². The zero-order valence-electron chi connectivity index (χ0n) is 4.76. The van der Waals surface area contributed by atoms with E-state index in [1.807, 2.05) is 0 Å². The van der Waals surface area contributed by atoms with Crippen LogP contribution in [0.2, 0.25) is 0 Å². The highest BCUT2D eigenvalue weighted by molar-refractivity contribution is 5.14. The molecular formula is C4H6O6. The summed E-state index contributed by atoms with van der Waals surface area (Å²) in [7, 11) is 0. The second-order valence-electron chi connectivity index (χ2n) is 1.17. The molecule has 6 nitrogen and oxygen atoms in total. The van der Waals surface area contributed by atoms with Crippen molar-refractivity contribution in [2.24, 2.45) is 0 Å². The molecule has 0 aromatic heterocycles. The van der Waals surface area contributed by atoms with Gasteiger partial charge in [-0.15, -0.1) is 0 Å². The van der Waals surface area contributed by atoms with Gasteiger partial charge in [0.2, 0.25) is 11.5 Å². The van der Waals surface area contributed by atoms with E-state index in [-0.39, 0.29) is 12.5 Å². The first-order chi connectivity index (χ1) is 4.79. The van der Waals surface area contributed by atoms with Crippen LogP contribution in [0.4, 0.5) is 0 Å². The summed E-state index contributed by atoms with van der Waals surface area (Å²) in [6.07, 6.45) is 0.580. The Morgan fingerprint density at radius 2 is 1.20 bits per heavy atom. The summed E-state index contributed by atoms with van der Waals surface area (Å²) in [5.41, 5.74) is 0. The minimum atomic E-state index is -0.620. The van der Waals surface area contributed by atoms with Gasteiger partial charge in [0.1, 0.15) is 12.5 Å². The highest BCUT2D eigenvalue weighted by Crippen LogP contribution is 2.08. The highest BCUT2D eigenvalue weighted by atomic mass is 17.1. The predicted molar refractivity (Wildman–Crippen MR) is 28.9 cm³/mol. The first kappa shape index (κ1) is 8.60. The van der Waals surface area contributed by atoms with E-state index in [0.717, 1.165) is 0 Å². The van der Waals surface area contributed by atoms with E-state index in [4.69, 9.17) is 20.7 Å². The van der Waals surface area contributed by atoms with Gasteiger partial charge >= 0.3 is 0 Å². The summed E-state index contributed by atoms with van der Waals surface area (Å²) in [6, 6.07) is 0. The van der Waals surface area contributed by atoms with Crippen molar-refractivity contribution < 1.29 is 30.5 Å². The van der Waals surface area contributed by atoms with Crippen LogP contribution < -0.4 is 0 Å². The quantitative estimate of drug-likeness (QED) is 0.205. The largest absolute Gasteiger partial charge is 0.511 e. The van der Waals surface area contributed by atoms with Gasteiger partial charge in [0, 0.05) is 0 Å². The minimum Gasteiger partial charge on any atom is -0.511 e. The standard InChI is InChI=1S/C4H6O6/c5-1-3(9-7)4(2-6)10-8/h1-2,5-8H/b3-1-,4-2+. The van der Waals surface area contributed by atoms with Crippen molar-refractivity contribution >= 4 is 0 Å². The van der Waals surface area contributed by atoms with Crippen LogP contribution in [0.1, 0.15) is 0 Å². The molecule has 0 saturated heterocycles. The summed E-state index contributed by atoms with van der Waals surface area (Å²) >= 11 is 0. The zero-order valence-corrected chi connectivity index (χ0v) is 4.76. The van der Waals surface area contributed by atoms with Crippen LogP contribution in [0.5, 0.6) is 0 Å². The first-order valence-electron chi connectivity index (χ1n) is 2.12. The molecule has 0 aliphatic carbocycles. The van der Waals surface area contributed by atoms with Gasteiger partial charge in [-0.25, -0.2) is 10.5 Å². The third kappa shape index (κ3) is 1.84. The summed E-state index contributed by atoms with van der Waals surface area (Å²) in [5.74, 6) is -1.24. The molecule has 10 heavy (non-hydrogen) atoms. The van der Waals surface area contributed by atoms with Gasteiger partial charge in [0.15, 0.2) is 0 Å². The maximum Gasteiger partial charge on any atom is 0.248 e. The van der Waals surface area contributed by atoms with E-state index >= 15 is 0 Å². The van der Waals surface area contributed by atoms with E-state index in [9.17, 15) is 0 Å². The molecule has 0 amide bonds. The van der Waals surface area contributed by atoms with Crippen molar-refractivity contribution in [3.63, 3.8) is 0 Å². The maximum atomic E-state index is 8.17. The highest BCUT2D eigenvalue weighted by Gasteiger charge is 2.08. The monoisotopic (exact) mass is 150 g/mol. The fraction of sp³-hybridized carbons (Fsp3) is 0. The van der Waals surface area contributed by atoms with E-state index < -0.39 is 11.5 Å². The Balaban J connectivity index is 4.27. The number of aliphatic hydroxyl groups is 2.